The van der Waals surface area contributed by atoms with Crippen LogP contribution >= 0.6 is 23.5 Å². The molecule has 47 heavy (non-hydrogen) atoms. The summed E-state index contributed by atoms with van der Waals surface area (Å²) < 4.78 is 6.31. The van der Waals surface area contributed by atoms with Gasteiger partial charge in [-0.1, -0.05) is 145 Å². The Morgan fingerprint density at radius 1 is 0.574 bits per heavy atom. The van der Waals surface area contributed by atoms with E-state index >= 15 is 0 Å². The molecule has 2 heterocycles. The van der Waals surface area contributed by atoms with Crippen LogP contribution in [0.5, 0.6) is 0 Å². The fourth-order valence-corrected chi connectivity index (χ4v) is 9.92. The molecule has 4 atom stereocenters. The van der Waals surface area contributed by atoms with E-state index in [2.05, 4.69) is 78.9 Å². The van der Waals surface area contributed by atoms with Crippen molar-refractivity contribution in [2.75, 3.05) is 50.9 Å². The maximum atomic E-state index is 13.0. The SMILES string of the molecule is CCCCCCCCCC(C)(C)SCC1CN(C(=O)COCC(=O)N2CC(C)C(CSC(C)(C)CCCCCCCCC)C2)CC1C. The van der Waals surface area contributed by atoms with Gasteiger partial charge in [0.05, 0.1) is 0 Å². The molecule has 276 valence electrons. The molecule has 2 rings (SSSR count). The highest BCUT2D eigenvalue weighted by atomic mass is 32.2. The topological polar surface area (TPSA) is 49.9 Å². The molecule has 2 fully saturated rings. The number of carbonyl (C=O) groups excluding carboxylic acids is 2. The predicted molar refractivity (Wildman–Crippen MR) is 208 cm³/mol. The molecule has 2 amide bonds. The molecule has 0 spiro atoms. The minimum atomic E-state index is 0.0114. The Morgan fingerprint density at radius 2 is 0.915 bits per heavy atom. The number of rotatable bonds is 26. The molecule has 0 aromatic heterocycles. The van der Waals surface area contributed by atoms with Crippen LogP contribution < -0.4 is 0 Å². The largest absolute Gasteiger partial charge is 0.362 e. The van der Waals surface area contributed by atoms with Crippen LogP contribution in [0.1, 0.15) is 158 Å². The smallest absolute Gasteiger partial charge is 0.248 e. The van der Waals surface area contributed by atoms with Gasteiger partial charge in [0, 0.05) is 35.7 Å². The summed E-state index contributed by atoms with van der Waals surface area (Å²) in [5, 5.41) is 0. The maximum Gasteiger partial charge on any atom is 0.248 e. The summed E-state index contributed by atoms with van der Waals surface area (Å²) in [6.45, 7) is 22.0. The lowest BCUT2D eigenvalue weighted by Crippen LogP contribution is -2.36. The number of hydrogen-bond donors (Lipinski definition) is 0. The normalized spacial score (nSPS) is 22.0. The number of unbranched alkanes of at least 4 members (excludes halogenated alkanes) is 12. The Labute approximate surface area is 300 Å². The average Bonchev–Trinajstić information content (AvgIpc) is 3.59. The Bertz CT molecular complexity index is 798. The van der Waals surface area contributed by atoms with E-state index in [-0.39, 0.29) is 34.5 Å². The molecule has 7 heteroatoms. The zero-order valence-electron chi connectivity index (χ0n) is 32.2. The molecule has 2 saturated heterocycles. The number of nitrogens with zero attached hydrogens (tertiary/aromatic N) is 2. The van der Waals surface area contributed by atoms with Crippen molar-refractivity contribution >= 4 is 35.3 Å². The van der Waals surface area contributed by atoms with Crippen LogP contribution in [0.4, 0.5) is 0 Å². The predicted octanol–water partition coefficient (Wildman–Crippen LogP) is 10.5. The molecule has 2 aliphatic rings. The third-order valence-corrected chi connectivity index (χ3v) is 14.0. The van der Waals surface area contributed by atoms with Crippen molar-refractivity contribution < 1.29 is 14.3 Å². The fourth-order valence-electron chi connectivity index (χ4n) is 7.14. The van der Waals surface area contributed by atoms with Crippen molar-refractivity contribution in [3.63, 3.8) is 0 Å². The van der Waals surface area contributed by atoms with Gasteiger partial charge in [0.15, 0.2) is 0 Å². The van der Waals surface area contributed by atoms with Gasteiger partial charge in [-0.25, -0.2) is 0 Å². The molecule has 2 aliphatic heterocycles. The van der Waals surface area contributed by atoms with Crippen LogP contribution in [0, 0.1) is 23.7 Å². The number of carbonyl (C=O) groups is 2. The van der Waals surface area contributed by atoms with Crippen LogP contribution in [0.25, 0.3) is 0 Å². The minimum Gasteiger partial charge on any atom is -0.362 e. The lowest BCUT2D eigenvalue weighted by atomic mass is 10.0. The number of ether oxygens (including phenoxy) is 1. The standard InChI is InChI=1S/C40H76N2O3S2/c1-9-11-13-15-17-19-21-23-39(5,6)46-31-35-27-41(25-33(35)3)37(43)29-45-30-38(44)42-26-34(4)36(28-42)32-47-40(7,8)24-22-20-18-16-14-12-10-2/h33-36H,9-32H2,1-8H3. The second-order valence-corrected chi connectivity index (χ2v) is 19.9. The highest BCUT2D eigenvalue weighted by Crippen LogP contribution is 2.37. The van der Waals surface area contributed by atoms with Gasteiger partial charge >= 0.3 is 0 Å². The third-order valence-electron chi connectivity index (χ3n) is 10.8. The van der Waals surface area contributed by atoms with Crippen molar-refractivity contribution in [3.05, 3.63) is 0 Å². The van der Waals surface area contributed by atoms with Gasteiger partial charge in [-0.15, -0.1) is 0 Å². The first-order valence-corrected chi connectivity index (χ1v) is 21.8. The van der Waals surface area contributed by atoms with Gasteiger partial charge in [0.25, 0.3) is 0 Å². The number of hydrogen-bond acceptors (Lipinski definition) is 5. The summed E-state index contributed by atoms with van der Waals surface area (Å²) in [5.41, 5.74) is 0. The number of likely N-dealkylation sites (tertiary alicyclic amines) is 2. The Kier molecular flexibility index (Phi) is 21.1. The van der Waals surface area contributed by atoms with Crippen LogP contribution in [0.15, 0.2) is 0 Å². The maximum absolute atomic E-state index is 13.0. The quantitative estimate of drug-likeness (QED) is 0.0843. The molecule has 0 aromatic rings. The average molecular weight is 697 g/mol. The van der Waals surface area contributed by atoms with Crippen LogP contribution in [0.3, 0.4) is 0 Å². The summed E-state index contributed by atoms with van der Waals surface area (Å²) in [6, 6.07) is 0. The first kappa shape index (κ1) is 42.8. The van der Waals surface area contributed by atoms with Gasteiger partial charge in [-0.3, -0.25) is 9.59 Å². The van der Waals surface area contributed by atoms with Crippen molar-refractivity contribution in [3.8, 4) is 0 Å². The van der Waals surface area contributed by atoms with E-state index in [4.69, 9.17) is 4.74 Å². The van der Waals surface area contributed by atoms with Crippen LogP contribution in [-0.2, 0) is 14.3 Å². The summed E-state index contributed by atoms with van der Waals surface area (Å²) >= 11 is 4.18. The van der Waals surface area contributed by atoms with Gasteiger partial charge in [0.1, 0.15) is 13.2 Å². The zero-order valence-corrected chi connectivity index (χ0v) is 33.8. The molecule has 0 radical (unpaired) electrons. The van der Waals surface area contributed by atoms with Crippen LogP contribution in [-0.4, -0.2) is 82.0 Å². The lowest BCUT2D eigenvalue weighted by molar-refractivity contribution is -0.141. The highest BCUT2D eigenvalue weighted by molar-refractivity contribution is 8.00. The van der Waals surface area contributed by atoms with Gasteiger partial charge in [-0.2, -0.15) is 23.5 Å². The van der Waals surface area contributed by atoms with Crippen molar-refractivity contribution in [2.45, 2.75) is 168 Å². The third kappa shape index (κ3) is 17.9. The van der Waals surface area contributed by atoms with E-state index in [0.717, 1.165) is 37.7 Å². The van der Waals surface area contributed by atoms with E-state index in [0.29, 0.717) is 23.7 Å². The summed E-state index contributed by atoms with van der Waals surface area (Å²) in [4.78, 5) is 30.0. The van der Waals surface area contributed by atoms with Crippen LogP contribution in [0.2, 0.25) is 0 Å². The van der Waals surface area contributed by atoms with E-state index < -0.39 is 0 Å². The number of thioether (sulfide) groups is 2. The van der Waals surface area contributed by atoms with E-state index in [1.165, 1.54) is 103 Å². The number of amides is 2. The van der Waals surface area contributed by atoms with Gasteiger partial charge < -0.3 is 14.5 Å². The molecule has 5 nitrogen and oxygen atoms in total. The summed E-state index contributed by atoms with van der Waals surface area (Å²) in [6.07, 6.45) is 21.6. The first-order valence-electron chi connectivity index (χ1n) is 19.8. The molecule has 0 saturated carbocycles. The fraction of sp³-hybridized carbons (Fsp3) is 0.950. The second kappa shape index (κ2) is 23.1. The molecule has 0 aliphatic carbocycles. The Balaban J connectivity index is 1.61. The van der Waals surface area contributed by atoms with E-state index in [9.17, 15) is 9.59 Å². The molecule has 4 unspecified atom stereocenters. The molecule has 0 N–H and O–H groups in total. The molecule has 0 aromatic carbocycles. The highest BCUT2D eigenvalue weighted by Gasteiger charge is 2.35. The zero-order chi connectivity index (χ0) is 34.7. The monoisotopic (exact) mass is 697 g/mol. The molecule has 0 bridgehead atoms. The Morgan fingerprint density at radius 3 is 1.28 bits per heavy atom. The molecular formula is C40H76N2O3S2. The minimum absolute atomic E-state index is 0.0114. The Hall–Kier alpha value is -0.400. The van der Waals surface area contributed by atoms with E-state index in [1.807, 2.05) is 9.80 Å². The molecular weight excluding hydrogens is 621 g/mol. The van der Waals surface area contributed by atoms with Crippen molar-refractivity contribution in [2.24, 2.45) is 23.7 Å². The lowest BCUT2D eigenvalue weighted by Gasteiger charge is -2.26. The van der Waals surface area contributed by atoms with Gasteiger partial charge in [0.2, 0.25) is 11.8 Å². The second-order valence-electron chi connectivity index (χ2n) is 16.4. The van der Waals surface area contributed by atoms with E-state index in [1.54, 1.807) is 0 Å². The van der Waals surface area contributed by atoms with Crippen molar-refractivity contribution in [1.82, 2.24) is 9.80 Å². The van der Waals surface area contributed by atoms with Crippen molar-refractivity contribution in [1.29, 1.82) is 0 Å². The summed E-state index contributed by atoms with van der Waals surface area (Å²) in [5.74, 6) is 4.35. The van der Waals surface area contributed by atoms with Gasteiger partial charge in [-0.05, 0) is 48.0 Å². The summed E-state index contributed by atoms with van der Waals surface area (Å²) in [7, 11) is 0. The first-order chi connectivity index (χ1) is 22.4.